The molecule has 4 heteroatoms. The maximum absolute atomic E-state index is 12.1. The van der Waals surface area contributed by atoms with E-state index < -0.39 is 0 Å². The van der Waals surface area contributed by atoms with Crippen molar-refractivity contribution in [2.45, 2.75) is 206 Å². The van der Waals surface area contributed by atoms with Crippen LogP contribution in [0.15, 0.2) is 0 Å². The number of hydrogen-bond acceptors (Lipinski definition) is 4. The van der Waals surface area contributed by atoms with Gasteiger partial charge in [0.15, 0.2) is 0 Å². The molecule has 0 aromatic carbocycles. The van der Waals surface area contributed by atoms with Gasteiger partial charge >= 0.3 is 5.97 Å². The minimum Gasteiger partial charge on any atom is -0.464 e. The Bertz CT molecular complexity index is 513. The van der Waals surface area contributed by atoms with Gasteiger partial charge in [0.2, 0.25) is 0 Å². The number of unbranched alkanes of at least 4 members (excludes halogenated alkanes) is 27. The van der Waals surface area contributed by atoms with Gasteiger partial charge in [-0.05, 0) is 19.4 Å². The second-order valence-corrected chi connectivity index (χ2v) is 13.1. The number of aliphatic hydroxyl groups is 1. The van der Waals surface area contributed by atoms with Crippen molar-refractivity contribution in [1.82, 2.24) is 4.90 Å². The largest absolute Gasteiger partial charge is 0.464 e. The van der Waals surface area contributed by atoms with E-state index in [2.05, 4.69) is 18.7 Å². The molecule has 0 aliphatic heterocycles. The van der Waals surface area contributed by atoms with Crippen LogP contribution < -0.4 is 0 Å². The summed E-state index contributed by atoms with van der Waals surface area (Å²) in [5.41, 5.74) is 0. The predicted octanol–water partition coefficient (Wildman–Crippen LogP) is 11.6. The van der Waals surface area contributed by atoms with Crippen molar-refractivity contribution in [2.75, 3.05) is 32.8 Å². The molecule has 0 bridgehead atoms. The Balaban J connectivity index is 3.47. The quantitative estimate of drug-likeness (QED) is 0.0578. The monoisotopic (exact) mass is 596 g/mol. The lowest BCUT2D eigenvalue weighted by Gasteiger charge is -2.21. The lowest BCUT2D eigenvalue weighted by Crippen LogP contribution is -2.32. The van der Waals surface area contributed by atoms with Crippen LogP contribution in [0, 0.1) is 0 Å². The van der Waals surface area contributed by atoms with E-state index >= 15 is 0 Å². The third-order valence-corrected chi connectivity index (χ3v) is 8.90. The average molecular weight is 596 g/mol. The maximum atomic E-state index is 12.1. The number of carbonyl (C=O) groups is 1. The lowest BCUT2D eigenvalue weighted by atomic mass is 10.0. The summed E-state index contributed by atoms with van der Waals surface area (Å²) in [7, 11) is 0. The first-order valence-electron chi connectivity index (χ1n) is 19.2. The van der Waals surface area contributed by atoms with Crippen LogP contribution in [0.25, 0.3) is 0 Å². The first-order valence-corrected chi connectivity index (χ1v) is 19.2. The van der Waals surface area contributed by atoms with Crippen molar-refractivity contribution in [3.63, 3.8) is 0 Å². The van der Waals surface area contributed by atoms with Crippen LogP contribution in [0.2, 0.25) is 0 Å². The molecule has 0 saturated carbocycles. The van der Waals surface area contributed by atoms with Crippen LogP contribution in [-0.4, -0.2) is 48.8 Å². The molecule has 1 N–H and O–H groups in total. The fourth-order valence-electron chi connectivity index (χ4n) is 6.01. The highest BCUT2D eigenvalue weighted by Crippen LogP contribution is 2.15. The van der Waals surface area contributed by atoms with Gasteiger partial charge in [-0.15, -0.1) is 0 Å². The number of aliphatic hydroxyl groups excluding tert-OH is 1. The smallest absolute Gasteiger partial charge is 0.305 e. The number of nitrogens with zero attached hydrogens (tertiary/aromatic N) is 1. The zero-order valence-corrected chi connectivity index (χ0v) is 29.0. The first-order chi connectivity index (χ1) is 20.7. The zero-order chi connectivity index (χ0) is 30.6. The summed E-state index contributed by atoms with van der Waals surface area (Å²) < 4.78 is 5.50. The molecule has 0 aromatic heterocycles. The van der Waals surface area contributed by atoms with Crippen molar-refractivity contribution in [3.05, 3.63) is 0 Å². The topological polar surface area (TPSA) is 49.8 Å². The first kappa shape index (κ1) is 41.4. The predicted molar refractivity (Wildman–Crippen MR) is 184 cm³/mol. The molecule has 4 nitrogen and oxygen atoms in total. The van der Waals surface area contributed by atoms with Gasteiger partial charge in [0.1, 0.15) is 6.61 Å². The molecule has 0 fully saturated rings. The van der Waals surface area contributed by atoms with Crippen molar-refractivity contribution in [3.8, 4) is 0 Å². The summed E-state index contributed by atoms with van der Waals surface area (Å²) in [5, 5.41) is 9.42. The molecule has 252 valence electrons. The molecule has 0 atom stereocenters. The van der Waals surface area contributed by atoms with Gasteiger partial charge in [0.05, 0.1) is 6.61 Å². The molecule has 0 aromatic rings. The van der Waals surface area contributed by atoms with Crippen LogP contribution in [0.3, 0.4) is 0 Å². The molecule has 42 heavy (non-hydrogen) atoms. The Morgan fingerprint density at radius 1 is 0.452 bits per heavy atom. The van der Waals surface area contributed by atoms with Crippen molar-refractivity contribution in [2.24, 2.45) is 0 Å². The van der Waals surface area contributed by atoms with Crippen LogP contribution in [0.1, 0.15) is 206 Å². The minimum atomic E-state index is -0.0515. The summed E-state index contributed by atoms with van der Waals surface area (Å²) >= 11 is 0. The van der Waals surface area contributed by atoms with Crippen LogP contribution >= 0.6 is 0 Å². The van der Waals surface area contributed by atoms with E-state index in [1.165, 1.54) is 173 Å². The average Bonchev–Trinajstić information content (AvgIpc) is 2.99. The highest BCUT2D eigenvalue weighted by atomic mass is 16.5. The van der Waals surface area contributed by atoms with E-state index in [0.29, 0.717) is 19.6 Å². The summed E-state index contributed by atoms with van der Waals surface area (Å²) in [4.78, 5) is 14.4. The van der Waals surface area contributed by atoms with E-state index in [0.717, 1.165) is 25.9 Å². The molecule has 0 aliphatic carbocycles. The molecule has 0 radical (unpaired) electrons. The highest BCUT2D eigenvalue weighted by molar-refractivity contribution is 5.69. The van der Waals surface area contributed by atoms with Gasteiger partial charge in [0, 0.05) is 19.5 Å². The Morgan fingerprint density at radius 3 is 1.14 bits per heavy atom. The van der Waals surface area contributed by atoms with Crippen LogP contribution in [-0.2, 0) is 9.53 Å². The normalized spacial score (nSPS) is 11.5. The SMILES string of the molecule is CCCCCCCCCCCCCCCCCCN(CCO)CCOC(=O)CCCCCCCCCCCCCCC. The van der Waals surface area contributed by atoms with Gasteiger partial charge < -0.3 is 9.84 Å². The third-order valence-electron chi connectivity index (χ3n) is 8.90. The molecule has 0 heterocycles. The second-order valence-electron chi connectivity index (χ2n) is 13.1. The van der Waals surface area contributed by atoms with Crippen molar-refractivity contribution < 1.29 is 14.6 Å². The zero-order valence-electron chi connectivity index (χ0n) is 29.0. The van der Waals surface area contributed by atoms with Crippen molar-refractivity contribution >= 4 is 5.97 Å². The third kappa shape index (κ3) is 33.9. The molecule has 0 unspecified atom stereocenters. The fourth-order valence-corrected chi connectivity index (χ4v) is 6.01. The summed E-state index contributed by atoms with van der Waals surface area (Å²) in [6, 6.07) is 0. The minimum absolute atomic E-state index is 0.0515. The molecule has 0 spiro atoms. The molecule has 0 aliphatic rings. The number of hydrogen-bond donors (Lipinski definition) is 1. The summed E-state index contributed by atoms with van der Waals surface area (Å²) in [6.07, 6.45) is 39.8. The summed E-state index contributed by atoms with van der Waals surface area (Å²) in [6.45, 7) is 7.60. The van der Waals surface area contributed by atoms with E-state index in [1.54, 1.807) is 0 Å². The van der Waals surface area contributed by atoms with E-state index in [1.807, 2.05) is 0 Å². The molecular weight excluding hydrogens is 518 g/mol. The highest BCUT2D eigenvalue weighted by Gasteiger charge is 2.07. The number of rotatable bonds is 36. The Hall–Kier alpha value is -0.610. The number of carbonyl (C=O) groups excluding carboxylic acids is 1. The molecular formula is C38H77NO3. The molecule has 0 amide bonds. The van der Waals surface area contributed by atoms with Gasteiger partial charge in [0.25, 0.3) is 0 Å². The Labute approximate surface area is 264 Å². The Morgan fingerprint density at radius 2 is 0.786 bits per heavy atom. The molecule has 0 rings (SSSR count). The van der Waals surface area contributed by atoms with E-state index in [4.69, 9.17) is 4.74 Å². The van der Waals surface area contributed by atoms with E-state index in [-0.39, 0.29) is 12.6 Å². The number of ether oxygens (including phenoxy) is 1. The Kier molecular flexibility index (Phi) is 36.0. The second kappa shape index (κ2) is 36.6. The number of esters is 1. The van der Waals surface area contributed by atoms with Gasteiger partial charge in [-0.25, -0.2) is 0 Å². The lowest BCUT2D eigenvalue weighted by molar-refractivity contribution is -0.144. The van der Waals surface area contributed by atoms with Crippen molar-refractivity contribution in [1.29, 1.82) is 0 Å². The van der Waals surface area contributed by atoms with E-state index in [9.17, 15) is 9.90 Å². The van der Waals surface area contributed by atoms with Gasteiger partial charge in [-0.3, -0.25) is 9.69 Å². The van der Waals surface area contributed by atoms with Gasteiger partial charge in [-0.2, -0.15) is 0 Å². The van der Waals surface area contributed by atoms with Crippen LogP contribution in [0.5, 0.6) is 0 Å². The standard InChI is InChI=1S/C38H77NO3/c1-3-5-7-9-11-13-15-17-18-19-21-23-25-27-29-31-33-39(34-36-40)35-37-42-38(41)32-30-28-26-24-22-20-16-14-12-10-8-6-4-2/h40H,3-37H2,1-2H3. The maximum Gasteiger partial charge on any atom is 0.305 e. The van der Waals surface area contributed by atoms with Crippen LogP contribution in [0.4, 0.5) is 0 Å². The van der Waals surface area contributed by atoms with Gasteiger partial charge in [-0.1, -0.05) is 187 Å². The molecule has 0 saturated heterocycles. The fraction of sp³-hybridized carbons (Fsp3) is 0.974. The summed E-state index contributed by atoms with van der Waals surface area (Å²) in [5.74, 6) is -0.0515.